The van der Waals surface area contributed by atoms with E-state index < -0.39 is 0 Å². The van der Waals surface area contributed by atoms with Crippen LogP contribution in [0, 0.1) is 0 Å². The number of benzene rings is 1. The van der Waals surface area contributed by atoms with Gasteiger partial charge in [-0.25, -0.2) is 0 Å². The van der Waals surface area contributed by atoms with E-state index in [1.165, 1.54) is 5.56 Å². The summed E-state index contributed by atoms with van der Waals surface area (Å²) in [6.45, 7) is 7.86. The molecule has 1 N–H and O–H groups in total. The summed E-state index contributed by atoms with van der Waals surface area (Å²) in [5, 5.41) is 3.40. The van der Waals surface area contributed by atoms with E-state index >= 15 is 0 Å². The van der Waals surface area contributed by atoms with E-state index in [1.54, 1.807) is 6.26 Å². The van der Waals surface area contributed by atoms with Crippen LogP contribution in [0.25, 0.3) is 0 Å². The Labute approximate surface area is 134 Å². The van der Waals surface area contributed by atoms with Gasteiger partial charge in [0, 0.05) is 30.1 Å². The number of hydrogen-bond acceptors (Lipinski definition) is 4. The Kier molecular flexibility index (Phi) is 5.06. The normalized spacial score (nSPS) is 11.7. The third-order valence-corrected chi connectivity index (χ3v) is 3.47. The minimum atomic E-state index is 0.0708. The zero-order valence-electron chi connectivity index (χ0n) is 13.0. The average molecular weight is 352 g/mol. The van der Waals surface area contributed by atoms with Crippen LogP contribution < -0.4 is 10.2 Å². The second-order valence-corrected chi connectivity index (χ2v) is 7.13. The first-order valence-electron chi connectivity index (χ1n) is 6.98. The van der Waals surface area contributed by atoms with E-state index in [0.29, 0.717) is 12.6 Å². The molecule has 0 aliphatic carbocycles. The zero-order chi connectivity index (χ0) is 15.5. The molecule has 0 aliphatic rings. The number of halogens is 1. The summed E-state index contributed by atoms with van der Waals surface area (Å²) in [5.74, 6) is 0. The fourth-order valence-corrected chi connectivity index (χ4v) is 2.33. The van der Waals surface area contributed by atoms with Crippen molar-refractivity contribution in [1.82, 2.24) is 10.3 Å². The molecule has 1 aromatic heterocycles. The van der Waals surface area contributed by atoms with Crippen molar-refractivity contribution in [3.8, 4) is 0 Å². The number of rotatable bonds is 5. The largest absolute Gasteiger partial charge is 0.432 e. The van der Waals surface area contributed by atoms with Crippen molar-refractivity contribution in [1.29, 1.82) is 0 Å². The SMILES string of the molecule is CN(Cc1cccc(Br)c1)c1nc(CNC(C)(C)C)co1. The quantitative estimate of drug-likeness (QED) is 0.884. The summed E-state index contributed by atoms with van der Waals surface area (Å²) in [6.07, 6.45) is 1.71. The Bertz CT molecular complexity index is 589. The molecular formula is C16H22BrN3O. The van der Waals surface area contributed by atoms with Crippen molar-refractivity contribution in [3.05, 3.63) is 46.3 Å². The maximum Gasteiger partial charge on any atom is 0.297 e. The minimum Gasteiger partial charge on any atom is -0.432 e. The number of aromatic nitrogens is 1. The van der Waals surface area contributed by atoms with E-state index in [-0.39, 0.29) is 5.54 Å². The molecule has 0 bridgehead atoms. The molecular weight excluding hydrogens is 330 g/mol. The number of nitrogens with one attached hydrogen (secondary N) is 1. The molecule has 2 aromatic rings. The van der Waals surface area contributed by atoms with E-state index in [0.717, 1.165) is 16.7 Å². The molecule has 0 fully saturated rings. The molecule has 0 atom stereocenters. The van der Waals surface area contributed by atoms with Gasteiger partial charge in [-0.05, 0) is 38.5 Å². The highest BCUT2D eigenvalue weighted by molar-refractivity contribution is 9.10. The van der Waals surface area contributed by atoms with Crippen molar-refractivity contribution in [3.63, 3.8) is 0 Å². The van der Waals surface area contributed by atoms with Crippen molar-refractivity contribution < 1.29 is 4.42 Å². The van der Waals surface area contributed by atoms with Crippen LogP contribution in [0.3, 0.4) is 0 Å². The molecule has 5 heteroatoms. The molecule has 0 unspecified atom stereocenters. The van der Waals surface area contributed by atoms with Crippen LogP contribution >= 0.6 is 15.9 Å². The molecule has 0 amide bonds. The van der Waals surface area contributed by atoms with Crippen molar-refractivity contribution >= 4 is 21.9 Å². The van der Waals surface area contributed by atoms with Gasteiger partial charge in [-0.1, -0.05) is 28.1 Å². The third-order valence-electron chi connectivity index (χ3n) is 2.97. The predicted molar refractivity (Wildman–Crippen MR) is 89.3 cm³/mol. The number of oxazole rings is 1. The molecule has 0 radical (unpaired) electrons. The summed E-state index contributed by atoms with van der Waals surface area (Å²) >= 11 is 3.49. The fourth-order valence-electron chi connectivity index (χ4n) is 1.89. The van der Waals surface area contributed by atoms with Crippen LogP contribution in [0.15, 0.2) is 39.4 Å². The first kappa shape index (κ1) is 16.0. The van der Waals surface area contributed by atoms with Gasteiger partial charge in [0.2, 0.25) is 0 Å². The van der Waals surface area contributed by atoms with E-state index in [9.17, 15) is 0 Å². The summed E-state index contributed by atoms with van der Waals surface area (Å²) < 4.78 is 6.64. The van der Waals surface area contributed by atoms with Crippen molar-refractivity contribution in [2.45, 2.75) is 39.4 Å². The smallest absolute Gasteiger partial charge is 0.297 e. The first-order chi connectivity index (χ1) is 9.83. The van der Waals surface area contributed by atoms with Gasteiger partial charge in [-0.15, -0.1) is 0 Å². The summed E-state index contributed by atoms with van der Waals surface area (Å²) in [7, 11) is 1.98. The van der Waals surface area contributed by atoms with Crippen LogP contribution in [-0.2, 0) is 13.1 Å². The first-order valence-corrected chi connectivity index (χ1v) is 7.78. The standard InChI is InChI=1S/C16H22BrN3O/c1-16(2,3)18-9-14-11-21-15(19-14)20(4)10-12-6-5-7-13(17)8-12/h5-8,11,18H,9-10H2,1-4H3. The highest BCUT2D eigenvalue weighted by atomic mass is 79.9. The number of anilines is 1. The fraction of sp³-hybridized carbons (Fsp3) is 0.438. The van der Waals surface area contributed by atoms with Gasteiger partial charge in [0.25, 0.3) is 6.01 Å². The van der Waals surface area contributed by atoms with E-state index in [4.69, 9.17) is 4.42 Å². The third kappa shape index (κ3) is 5.17. The van der Waals surface area contributed by atoms with Gasteiger partial charge in [0.1, 0.15) is 6.26 Å². The van der Waals surface area contributed by atoms with Gasteiger partial charge in [0.15, 0.2) is 0 Å². The van der Waals surface area contributed by atoms with E-state index in [1.807, 2.05) is 24.1 Å². The van der Waals surface area contributed by atoms with Gasteiger partial charge in [-0.3, -0.25) is 0 Å². The summed E-state index contributed by atoms with van der Waals surface area (Å²) in [4.78, 5) is 6.52. The molecule has 0 aliphatic heterocycles. The number of nitrogens with zero attached hydrogens (tertiary/aromatic N) is 2. The Balaban J connectivity index is 1.97. The lowest BCUT2D eigenvalue weighted by Gasteiger charge is -2.19. The molecule has 0 saturated carbocycles. The highest BCUT2D eigenvalue weighted by Crippen LogP contribution is 2.18. The molecule has 1 heterocycles. The minimum absolute atomic E-state index is 0.0708. The van der Waals surface area contributed by atoms with Crippen LogP contribution in [0.1, 0.15) is 32.0 Å². The van der Waals surface area contributed by atoms with Crippen LogP contribution in [0.2, 0.25) is 0 Å². The molecule has 0 saturated heterocycles. The second-order valence-electron chi connectivity index (χ2n) is 6.21. The Morgan fingerprint density at radius 3 is 2.76 bits per heavy atom. The summed E-state index contributed by atoms with van der Waals surface area (Å²) in [6, 6.07) is 8.88. The molecule has 1 aromatic carbocycles. The Hall–Kier alpha value is -1.33. The van der Waals surface area contributed by atoms with Crippen molar-refractivity contribution in [2.75, 3.05) is 11.9 Å². The van der Waals surface area contributed by atoms with Crippen LogP contribution in [-0.4, -0.2) is 17.6 Å². The molecule has 21 heavy (non-hydrogen) atoms. The lowest BCUT2D eigenvalue weighted by Crippen LogP contribution is -2.35. The van der Waals surface area contributed by atoms with E-state index in [2.05, 4.69) is 59.1 Å². The lowest BCUT2D eigenvalue weighted by atomic mass is 10.1. The molecule has 4 nitrogen and oxygen atoms in total. The van der Waals surface area contributed by atoms with Crippen LogP contribution in [0.5, 0.6) is 0 Å². The monoisotopic (exact) mass is 351 g/mol. The average Bonchev–Trinajstić information content (AvgIpc) is 2.84. The van der Waals surface area contributed by atoms with Crippen LogP contribution in [0.4, 0.5) is 6.01 Å². The molecule has 114 valence electrons. The lowest BCUT2D eigenvalue weighted by molar-refractivity contribution is 0.421. The van der Waals surface area contributed by atoms with Gasteiger partial charge >= 0.3 is 0 Å². The zero-order valence-corrected chi connectivity index (χ0v) is 14.6. The topological polar surface area (TPSA) is 41.3 Å². The Morgan fingerprint density at radius 1 is 1.33 bits per heavy atom. The molecule has 2 rings (SSSR count). The van der Waals surface area contributed by atoms with Gasteiger partial charge < -0.3 is 14.6 Å². The number of hydrogen-bond donors (Lipinski definition) is 1. The molecule has 0 spiro atoms. The Morgan fingerprint density at radius 2 is 2.10 bits per heavy atom. The maximum atomic E-state index is 5.56. The summed E-state index contributed by atoms with van der Waals surface area (Å²) in [5.41, 5.74) is 2.20. The predicted octanol–water partition coefficient (Wildman–Crippen LogP) is 3.96. The van der Waals surface area contributed by atoms with Gasteiger partial charge in [0.05, 0.1) is 5.69 Å². The van der Waals surface area contributed by atoms with Crippen molar-refractivity contribution in [2.24, 2.45) is 0 Å². The highest BCUT2D eigenvalue weighted by Gasteiger charge is 2.13. The second kappa shape index (κ2) is 6.62. The maximum absolute atomic E-state index is 5.56. The van der Waals surface area contributed by atoms with Gasteiger partial charge in [-0.2, -0.15) is 4.98 Å².